The van der Waals surface area contributed by atoms with Crippen LogP contribution in [-0.2, 0) is 13.5 Å². The van der Waals surface area contributed by atoms with Gasteiger partial charge in [-0.25, -0.2) is 4.98 Å². The molecule has 0 saturated heterocycles. The lowest BCUT2D eigenvalue weighted by atomic mass is 10.0. The molecule has 102 valence electrons. The molecule has 2 aromatic heterocycles. The van der Waals surface area contributed by atoms with Crippen LogP contribution in [0.5, 0.6) is 0 Å². The van der Waals surface area contributed by atoms with Crippen LogP contribution in [0.1, 0.15) is 5.56 Å². The molecule has 0 radical (unpaired) electrons. The molecule has 3 aromatic rings. The lowest BCUT2D eigenvalue weighted by Gasteiger charge is -2.03. The van der Waals surface area contributed by atoms with Gasteiger partial charge in [-0.15, -0.1) is 0 Å². The van der Waals surface area contributed by atoms with Gasteiger partial charge in [0.05, 0.1) is 0 Å². The smallest absolute Gasteiger partial charge is 0.258 e. The molecule has 0 saturated carbocycles. The summed E-state index contributed by atoms with van der Waals surface area (Å²) in [5.74, 6) is 1.65. The number of benzene rings is 1. The van der Waals surface area contributed by atoms with E-state index in [0.717, 1.165) is 17.5 Å². The second kappa shape index (κ2) is 5.26. The third-order valence-corrected chi connectivity index (χ3v) is 3.11. The van der Waals surface area contributed by atoms with Crippen molar-refractivity contribution in [3.8, 4) is 23.1 Å². The zero-order valence-corrected chi connectivity index (χ0v) is 11.2. The van der Waals surface area contributed by atoms with Crippen LogP contribution in [0.4, 0.5) is 0 Å². The summed E-state index contributed by atoms with van der Waals surface area (Å²) in [7, 11) is 1.89. The van der Waals surface area contributed by atoms with E-state index in [-0.39, 0.29) is 0 Å². The molecule has 0 aliphatic rings. The van der Waals surface area contributed by atoms with Crippen molar-refractivity contribution in [1.29, 1.82) is 0 Å². The first kappa shape index (κ1) is 12.6. The van der Waals surface area contributed by atoms with Crippen molar-refractivity contribution in [3.63, 3.8) is 0 Å². The van der Waals surface area contributed by atoms with Gasteiger partial charge in [-0.05, 0) is 24.6 Å². The monoisotopic (exact) mass is 269 g/mol. The first-order chi connectivity index (χ1) is 9.79. The highest BCUT2D eigenvalue weighted by atomic mass is 16.5. The minimum Gasteiger partial charge on any atom is -0.333 e. The molecular formula is C14H15N5O. The fourth-order valence-electron chi connectivity index (χ4n) is 2.11. The Kier molecular flexibility index (Phi) is 3.30. The molecule has 3 rings (SSSR count). The van der Waals surface area contributed by atoms with Crippen LogP contribution in [0, 0.1) is 0 Å². The maximum Gasteiger partial charge on any atom is 0.258 e. The van der Waals surface area contributed by atoms with Gasteiger partial charge < -0.3 is 14.8 Å². The third-order valence-electron chi connectivity index (χ3n) is 3.11. The van der Waals surface area contributed by atoms with Gasteiger partial charge in [0, 0.05) is 25.0 Å². The van der Waals surface area contributed by atoms with E-state index in [2.05, 4.69) is 15.1 Å². The van der Waals surface area contributed by atoms with Crippen LogP contribution < -0.4 is 5.73 Å². The van der Waals surface area contributed by atoms with Crippen molar-refractivity contribution in [3.05, 3.63) is 42.2 Å². The minimum absolute atomic E-state index is 0.482. The van der Waals surface area contributed by atoms with E-state index in [1.165, 1.54) is 0 Å². The van der Waals surface area contributed by atoms with Crippen molar-refractivity contribution in [2.45, 2.75) is 6.42 Å². The first-order valence-electron chi connectivity index (χ1n) is 6.39. The Labute approximate surface area is 116 Å². The van der Waals surface area contributed by atoms with Gasteiger partial charge in [-0.3, -0.25) is 0 Å². The molecule has 2 heterocycles. The van der Waals surface area contributed by atoms with Crippen LogP contribution >= 0.6 is 0 Å². The molecule has 2 N–H and O–H groups in total. The van der Waals surface area contributed by atoms with Gasteiger partial charge in [0.25, 0.3) is 5.89 Å². The molecule has 20 heavy (non-hydrogen) atoms. The summed E-state index contributed by atoms with van der Waals surface area (Å²) < 4.78 is 7.21. The number of nitrogens with two attached hydrogens (primary N) is 1. The predicted octanol–water partition coefficient (Wildman–Crippen LogP) is 1.64. The minimum atomic E-state index is 0.482. The number of hydrogen-bond acceptors (Lipinski definition) is 5. The van der Waals surface area contributed by atoms with E-state index in [1.807, 2.05) is 42.1 Å². The van der Waals surface area contributed by atoms with E-state index in [0.29, 0.717) is 24.1 Å². The van der Waals surface area contributed by atoms with Gasteiger partial charge in [0.15, 0.2) is 5.82 Å². The van der Waals surface area contributed by atoms with Crippen molar-refractivity contribution in [1.82, 2.24) is 19.7 Å². The molecule has 1 aromatic carbocycles. The molecule has 0 spiro atoms. The summed E-state index contributed by atoms with van der Waals surface area (Å²) in [6.07, 6.45) is 4.32. The molecule has 0 amide bonds. The zero-order chi connectivity index (χ0) is 13.9. The maximum atomic E-state index is 5.63. The second-order valence-electron chi connectivity index (χ2n) is 4.48. The number of hydrogen-bond donors (Lipinski definition) is 1. The third kappa shape index (κ3) is 2.21. The number of rotatable bonds is 4. The standard InChI is InChI=1S/C14H15N5O/c1-19-9-8-16-13(19)12-17-14(20-18-12)11-5-3-2-4-10(11)6-7-15/h2-5,8-9H,6-7,15H2,1H3. The maximum absolute atomic E-state index is 5.63. The largest absolute Gasteiger partial charge is 0.333 e. The summed E-state index contributed by atoms with van der Waals surface area (Å²) >= 11 is 0. The lowest BCUT2D eigenvalue weighted by molar-refractivity contribution is 0.431. The Morgan fingerprint density at radius 3 is 2.90 bits per heavy atom. The van der Waals surface area contributed by atoms with Crippen LogP contribution in [-0.4, -0.2) is 26.2 Å². The van der Waals surface area contributed by atoms with Gasteiger partial charge >= 0.3 is 0 Å². The topological polar surface area (TPSA) is 82.8 Å². The van der Waals surface area contributed by atoms with E-state index >= 15 is 0 Å². The summed E-state index contributed by atoms with van der Waals surface area (Å²) in [6.45, 7) is 0.581. The number of aryl methyl sites for hydroxylation is 1. The molecule has 0 aliphatic heterocycles. The van der Waals surface area contributed by atoms with Crippen LogP contribution in [0.15, 0.2) is 41.2 Å². The zero-order valence-electron chi connectivity index (χ0n) is 11.2. The predicted molar refractivity (Wildman–Crippen MR) is 74.7 cm³/mol. The van der Waals surface area contributed by atoms with E-state index in [9.17, 15) is 0 Å². The number of imidazole rings is 1. The number of nitrogens with zero attached hydrogens (tertiary/aromatic N) is 4. The highest BCUT2D eigenvalue weighted by molar-refractivity contribution is 5.60. The van der Waals surface area contributed by atoms with Crippen molar-refractivity contribution >= 4 is 0 Å². The number of aromatic nitrogens is 4. The molecular weight excluding hydrogens is 254 g/mol. The summed E-state index contributed by atoms with van der Waals surface area (Å²) in [6, 6.07) is 7.90. The first-order valence-corrected chi connectivity index (χ1v) is 6.39. The molecule has 0 bridgehead atoms. The molecule has 6 nitrogen and oxygen atoms in total. The Morgan fingerprint density at radius 1 is 1.30 bits per heavy atom. The Morgan fingerprint density at radius 2 is 2.15 bits per heavy atom. The highest BCUT2D eigenvalue weighted by Crippen LogP contribution is 2.24. The van der Waals surface area contributed by atoms with E-state index in [4.69, 9.17) is 10.3 Å². The normalized spacial score (nSPS) is 10.9. The van der Waals surface area contributed by atoms with Gasteiger partial charge in [-0.1, -0.05) is 23.4 Å². The van der Waals surface area contributed by atoms with Gasteiger partial charge in [0.2, 0.25) is 5.82 Å². The van der Waals surface area contributed by atoms with Gasteiger partial charge in [0.1, 0.15) is 0 Å². The van der Waals surface area contributed by atoms with E-state index in [1.54, 1.807) is 6.20 Å². The quantitative estimate of drug-likeness (QED) is 0.778. The summed E-state index contributed by atoms with van der Waals surface area (Å²) in [5, 5.41) is 4.00. The fourth-order valence-corrected chi connectivity index (χ4v) is 2.11. The molecule has 0 fully saturated rings. The SMILES string of the molecule is Cn1ccnc1-c1noc(-c2ccccc2CCN)n1. The fraction of sp³-hybridized carbons (Fsp3) is 0.214. The molecule has 0 atom stereocenters. The van der Waals surface area contributed by atoms with Crippen molar-refractivity contribution in [2.24, 2.45) is 12.8 Å². The van der Waals surface area contributed by atoms with Crippen LogP contribution in [0.2, 0.25) is 0 Å². The van der Waals surface area contributed by atoms with Crippen LogP contribution in [0.3, 0.4) is 0 Å². The van der Waals surface area contributed by atoms with Crippen molar-refractivity contribution < 1.29 is 4.52 Å². The Balaban J connectivity index is 2.00. The molecule has 0 unspecified atom stereocenters. The summed E-state index contributed by atoms with van der Waals surface area (Å²) in [5.41, 5.74) is 7.65. The summed E-state index contributed by atoms with van der Waals surface area (Å²) in [4.78, 5) is 8.63. The van der Waals surface area contributed by atoms with E-state index < -0.39 is 0 Å². The average Bonchev–Trinajstić information content (AvgIpc) is 3.08. The average molecular weight is 269 g/mol. The van der Waals surface area contributed by atoms with Crippen molar-refractivity contribution in [2.75, 3.05) is 6.54 Å². The lowest BCUT2D eigenvalue weighted by Crippen LogP contribution is -2.03. The Hall–Kier alpha value is -2.47. The van der Waals surface area contributed by atoms with Gasteiger partial charge in [-0.2, -0.15) is 4.98 Å². The molecule has 6 heteroatoms. The molecule has 0 aliphatic carbocycles. The second-order valence-corrected chi connectivity index (χ2v) is 4.48. The Bertz CT molecular complexity index is 716. The van der Waals surface area contributed by atoms with Crippen LogP contribution in [0.25, 0.3) is 23.1 Å². The highest BCUT2D eigenvalue weighted by Gasteiger charge is 2.15.